The number of carbonyl (C=O) groups excluding carboxylic acids is 1. The maximum absolute atomic E-state index is 12.0. The molecule has 3 N–H and O–H groups in total. The van der Waals surface area contributed by atoms with E-state index >= 15 is 0 Å². The summed E-state index contributed by atoms with van der Waals surface area (Å²) in [5.74, 6) is 0.831. The Morgan fingerprint density at radius 1 is 1.28 bits per heavy atom. The number of hydrogen-bond acceptors (Lipinski definition) is 4. The fraction of sp³-hybridized carbons (Fsp3) is 0.474. The minimum absolute atomic E-state index is 0.141. The Labute approximate surface area is 148 Å². The zero-order chi connectivity index (χ0) is 18.2. The second-order valence-electron chi connectivity index (χ2n) is 6.14. The van der Waals surface area contributed by atoms with E-state index in [-0.39, 0.29) is 12.6 Å². The van der Waals surface area contributed by atoms with Crippen molar-refractivity contribution in [2.24, 2.45) is 0 Å². The number of aryl methyl sites for hydroxylation is 3. The lowest BCUT2D eigenvalue weighted by Crippen LogP contribution is -2.39. The number of benzene rings is 1. The summed E-state index contributed by atoms with van der Waals surface area (Å²) in [6.45, 7) is 6.31. The van der Waals surface area contributed by atoms with E-state index < -0.39 is 6.04 Å². The third-order valence-electron chi connectivity index (χ3n) is 4.35. The number of nitrogens with zero attached hydrogens (tertiary/aromatic N) is 1. The summed E-state index contributed by atoms with van der Waals surface area (Å²) in [6, 6.07) is 7.22. The van der Waals surface area contributed by atoms with Gasteiger partial charge >= 0.3 is 6.03 Å². The zero-order valence-electron chi connectivity index (χ0n) is 15.1. The van der Waals surface area contributed by atoms with Crippen molar-refractivity contribution in [1.29, 1.82) is 0 Å². The third kappa shape index (κ3) is 5.32. The van der Waals surface area contributed by atoms with E-state index in [2.05, 4.69) is 22.7 Å². The number of urea groups is 1. The topological polar surface area (TPSA) is 87.4 Å². The van der Waals surface area contributed by atoms with Crippen LogP contribution in [0, 0.1) is 13.8 Å². The van der Waals surface area contributed by atoms with Gasteiger partial charge in [0.1, 0.15) is 5.76 Å². The molecule has 0 aliphatic carbocycles. The molecule has 0 fully saturated rings. The van der Waals surface area contributed by atoms with Gasteiger partial charge in [-0.1, -0.05) is 36.3 Å². The van der Waals surface area contributed by atoms with Crippen molar-refractivity contribution >= 4 is 6.03 Å². The van der Waals surface area contributed by atoms with Crippen LogP contribution >= 0.6 is 0 Å². The molecule has 2 rings (SSSR count). The lowest BCUT2D eigenvalue weighted by Gasteiger charge is -2.17. The standard InChI is InChI=1S/C19H27N3O3/c1-4-15-7-9-16(10-8-15)18(12-23)21-19(24)20-11-5-6-17-13(2)22-25-14(17)3/h7-10,18,23H,4-6,11-12H2,1-3H3,(H2,20,21,24). The number of rotatable bonds is 8. The smallest absolute Gasteiger partial charge is 0.315 e. The van der Waals surface area contributed by atoms with Crippen molar-refractivity contribution in [3.8, 4) is 0 Å². The highest BCUT2D eigenvalue weighted by Gasteiger charge is 2.13. The predicted molar refractivity (Wildman–Crippen MR) is 96.5 cm³/mol. The Morgan fingerprint density at radius 2 is 2.00 bits per heavy atom. The van der Waals surface area contributed by atoms with Gasteiger partial charge in [-0.15, -0.1) is 0 Å². The maximum atomic E-state index is 12.0. The largest absolute Gasteiger partial charge is 0.394 e. The number of aliphatic hydroxyl groups excluding tert-OH is 1. The Bertz CT molecular complexity index is 660. The van der Waals surface area contributed by atoms with Crippen LogP contribution in [0.1, 0.15) is 47.5 Å². The first kappa shape index (κ1) is 19.0. The van der Waals surface area contributed by atoms with Crippen LogP contribution in [-0.4, -0.2) is 29.4 Å². The van der Waals surface area contributed by atoms with Gasteiger partial charge in [0.2, 0.25) is 0 Å². The molecule has 0 bridgehead atoms. The van der Waals surface area contributed by atoms with Crippen molar-refractivity contribution < 1.29 is 14.4 Å². The monoisotopic (exact) mass is 345 g/mol. The maximum Gasteiger partial charge on any atom is 0.315 e. The van der Waals surface area contributed by atoms with Crippen LogP contribution < -0.4 is 10.6 Å². The molecular formula is C19H27N3O3. The Hall–Kier alpha value is -2.34. The molecule has 0 aliphatic heterocycles. The van der Waals surface area contributed by atoms with Crippen molar-refractivity contribution in [3.05, 3.63) is 52.4 Å². The molecule has 1 aromatic carbocycles. The van der Waals surface area contributed by atoms with Gasteiger partial charge in [-0.05, 0) is 44.2 Å². The van der Waals surface area contributed by atoms with E-state index in [1.165, 1.54) is 5.56 Å². The van der Waals surface area contributed by atoms with Gasteiger partial charge in [0.25, 0.3) is 0 Å². The van der Waals surface area contributed by atoms with Crippen LogP contribution in [-0.2, 0) is 12.8 Å². The summed E-state index contributed by atoms with van der Waals surface area (Å²) in [7, 11) is 0. The highest BCUT2D eigenvalue weighted by atomic mass is 16.5. The quantitative estimate of drug-likeness (QED) is 0.642. The van der Waals surface area contributed by atoms with Crippen molar-refractivity contribution in [2.45, 2.75) is 46.1 Å². The summed E-state index contributed by atoms with van der Waals surface area (Å²) in [6.07, 6.45) is 2.57. The Morgan fingerprint density at radius 3 is 2.56 bits per heavy atom. The molecule has 1 atom stereocenters. The number of nitrogens with one attached hydrogen (secondary N) is 2. The molecule has 25 heavy (non-hydrogen) atoms. The number of aliphatic hydroxyl groups is 1. The van der Waals surface area contributed by atoms with Gasteiger partial charge in [0.15, 0.2) is 0 Å². The molecule has 0 saturated carbocycles. The number of aromatic nitrogens is 1. The molecule has 0 aliphatic rings. The van der Waals surface area contributed by atoms with E-state index in [0.29, 0.717) is 6.54 Å². The summed E-state index contributed by atoms with van der Waals surface area (Å²) < 4.78 is 5.13. The van der Waals surface area contributed by atoms with Crippen LogP contribution in [0.5, 0.6) is 0 Å². The summed E-state index contributed by atoms with van der Waals surface area (Å²) in [5, 5.41) is 19.1. The van der Waals surface area contributed by atoms with Gasteiger partial charge in [0, 0.05) is 12.1 Å². The average molecular weight is 345 g/mol. The zero-order valence-corrected chi connectivity index (χ0v) is 15.1. The third-order valence-corrected chi connectivity index (χ3v) is 4.35. The molecule has 136 valence electrons. The average Bonchev–Trinajstić information content (AvgIpc) is 2.95. The highest BCUT2D eigenvalue weighted by Crippen LogP contribution is 2.15. The number of carbonyl (C=O) groups is 1. The minimum Gasteiger partial charge on any atom is -0.394 e. The minimum atomic E-state index is -0.409. The van der Waals surface area contributed by atoms with E-state index in [9.17, 15) is 9.90 Å². The van der Waals surface area contributed by atoms with E-state index in [4.69, 9.17) is 4.52 Å². The second-order valence-corrected chi connectivity index (χ2v) is 6.14. The van der Waals surface area contributed by atoms with Crippen LogP contribution in [0.4, 0.5) is 4.79 Å². The molecule has 2 amide bonds. The first-order chi connectivity index (χ1) is 12.0. The molecule has 6 heteroatoms. The normalized spacial score (nSPS) is 12.0. The highest BCUT2D eigenvalue weighted by molar-refractivity contribution is 5.74. The van der Waals surface area contributed by atoms with Crippen LogP contribution in [0.3, 0.4) is 0 Å². The molecule has 0 spiro atoms. The molecule has 0 saturated heterocycles. The van der Waals surface area contributed by atoms with Gasteiger partial charge in [0.05, 0.1) is 18.3 Å². The SMILES string of the molecule is CCc1ccc(C(CO)NC(=O)NCCCc2c(C)noc2C)cc1. The fourth-order valence-corrected chi connectivity index (χ4v) is 2.76. The van der Waals surface area contributed by atoms with Gasteiger partial charge in [-0.25, -0.2) is 4.79 Å². The van der Waals surface area contributed by atoms with Gasteiger partial charge in [-0.2, -0.15) is 0 Å². The van der Waals surface area contributed by atoms with E-state index in [0.717, 1.165) is 41.8 Å². The first-order valence-electron chi connectivity index (χ1n) is 8.71. The van der Waals surface area contributed by atoms with Gasteiger partial charge in [-0.3, -0.25) is 0 Å². The second kappa shape index (κ2) is 9.22. The molecule has 6 nitrogen and oxygen atoms in total. The Balaban J connectivity index is 1.77. The Kier molecular flexibility index (Phi) is 7.01. The molecule has 1 unspecified atom stereocenters. The van der Waals surface area contributed by atoms with E-state index in [1.807, 2.05) is 38.1 Å². The molecule has 1 aromatic heterocycles. The molecular weight excluding hydrogens is 318 g/mol. The van der Waals surface area contributed by atoms with E-state index in [1.54, 1.807) is 0 Å². The molecule has 1 heterocycles. The summed E-state index contributed by atoms with van der Waals surface area (Å²) >= 11 is 0. The number of amides is 2. The summed E-state index contributed by atoms with van der Waals surface area (Å²) in [4.78, 5) is 12.0. The van der Waals surface area contributed by atoms with Crippen LogP contribution in [0.15, 0.2) is 28.8 Å². The predicted octanol–water partition coefficient (Wildman–Crippen LogP) is 2.82. The lowest BCUT2D eigenvalue weighted by atomic mass is 10.0. The summed E-state index contributed by atoms with van der Waals surface area (Å²) in [5.41, 5.74) is 4.12. The van der Waals surface area contributed by atoms with Crippen LogP contribution in [0.2, 0.25) is 0 Å². The fourth-order valence-electron chi connectivity index (χ4n) is 2.76. The first-order valence-corrected chi connectivity index (χ1v) is 8.71. The van der Waals surface area contributed by atoms with Crippen LogP contribution in [0.25, 0.3) is 0 Å². The molecule has 0 radical (unpaired) electrons. The van der Waals surface area contributed by atoms with Crippen molar-refractivity contribution in [2.75, 3.05) is 13.2 Å². The lowest BCUT2D eigenvalue weighted by molar-refractivity contribution is 0.217. The van der Waals surface area contributed by atoms with Crippen molar-refractivity contribution in [1.82, 2.24) is 15.8 Å². The number of hydrogen-bond donors (Lipinski definition) is 3. The van der Waals surface area contributed by atoms with Crippen molar-refractivity contribution in [3.63, 3.8) is 0 Å². The van der Waals surface area contributed by atoms with Gasteiger partial charge < -0.3 is 20.3 Å². The molecule has 2 aromatic rings.